The van der Waals surface area contributed by atoms with E-state index in [0.29, 0.717) is 24.4 Å². The van der Waals surface area contributed by atoms with E-state index >= 15 is 0 Å². The maximum Gasteiger partial charge on any atom is 0.257 e. The molecule has 0 amide bonds. The minimum absolute atomic E-state index is 0.0109. The van der Waals surface area contributed by atoms with Gasteiger partial charge in [0.2, 0.25) is 11.9 Å². The van der Waals surface area contributed by atoms with E-state index in [0.717, 1.165) is 0 Å². The lowest BCUT2D eigenvalue weighted by Gasteiger charge is -2.20. The van der Waals surface area contributed by atoms with E-state index in [-0.39, 0.29) is 18.6 Å². The monoisotopic (exact) mass is 291 g/mol. The summed E-state index contributed by atoms with van der Waals surface area (Å²) in [6, 6.07) is 1.68. The summed E-state index contributed by atoms with van der Waals surface area (Å²) < 4.78 is 1.57. The predicted octanol–water partition coefficient (Wildman–Crippen LogP) is 0.918. The van der Waals surface area contributed by atoms with Crippen molar-refractivity contribution >= 4 is 11.9 Å². The number of rotatable bonds is 7. The fraction of sp³-hybridized carbons (Fsp3) is 0.538. The lowest BCUT2D eigenvalue weighted by molar-refractivity contribution is 0.248. The number of anilines is 2. The van der Waals surface area contributed by atoms with E-state index < -0.39 is 0 Å². The molecule has 0 aliphatic carbocycles. The van der Waals surface area contributed by atoms with Gasteiger partial charge in [0.05, 0.1) is 12.6 Å². The van der Waals surface area contributed by atoms with Crippen molar-refractivity contribution in [3.05, 3.63) is 18.5 Å². The van der Waals surface area contributed by atoms with Gasteiger partial charge in [0.25, 0.3) is 5.95 Å². The Hall–Kier alpha value is -2.22. The molecular formula is C13H21N7O. The van der Waals surface area contributed by atoms with Crippen LogP contribution in [-0.2, 0) is 0 Å². The number of aliphatic hydroxyl groups is 1. The summed E-state index contributed by atoms with van der Waals surface area (Å²) in [5.74, 6) is 1.57. The Morgan fingerprint density at radius 2 is 2.00 bits per heavy atom. The van der Waals surface area contributed by atoms with Gasteiger partial charge in [0, 0.05) is 18.9 Å². The number of hydrogen-bond donors (Lipinski definition) is 3. The van der Waals surface area contributed by atoms with Crippen LogP contribution in [0.4, 0.5) is 11.9 Å². The van der Waals surface area contributed by atoms with Gasteiger partial charge in [-0.1, -0.05) is 13.8 Å². The van der Waals surface area contributed by atoms with E-state index in [9.17, 15) is 5.11 Å². The SMILES string of the molecule is CCNc1nc(NC(CO)C(C)C)nc(-n2cccn2)n1. The number of aliphatic hydroxyl groups excluding tert-OH is 1. The summed E-state index contributed by atoms with van der Waals surface area (Å²) in [7, 11) is 0. The molecule has 0 spiro atoms. The second-order valence-electron chi connectivity index (χ2n) is 4.94. The van der Waals surface area contributed by atoms with Crippen LogP contribution in [0.1, 0.15) is 20.8 Å². The Morgan fingerprint density at radius 1 is 1.24 bits per heavy atom. The molecule has 0 fully saturated rings. The molecule has 0 saturated heterocycles. The Kier molecular flexibility index (Phi) is 5.04. The Labute approximate surface area is 123 Å². The lowest BCUT2D eigenvalue weighted by atomic mass is 10.1. The van der Waals surface area contributed by atoms with Crippen molar-refractivity contribution in [2.45, 2.75) is 26.8 Å². The van der Waals surface area contributed by atoms with Gasteiger partial charge in [-0.15, -0.1) is 0 Å². The quantitative estimate of drug-likeness (QED) is 0.697. The predicted molar refractivity (Wildman–Crippen MR) is 80.4 cm³/mol. The molecule has 2 aromatic heterocycles. The molecule has 0 saturated carbocycles. The maximum absolute atomic E-state index is 9.42. The Bertz CT molecular complexity index is 556. The minimum atomic E-state index is -0.118. The summed E-state index contributed by atoms with van der Waals surface area (Å²) in [4.78, 5) is 13.0. The molecule has 0 aliphatic rings. The van der Waals surface area contributed by atoms with Crippen molar-refractivity contribution in [2.75, 3.05) is 23.8 Å². The number of nitrogens with one attached hydrogen (secondary N) is 2. The van der Waals surface area contributed by atoms with Gasteiger partial charge >= 0.3 is 0 Å². The topological polar surface area (TPSA) is 101 Å². The number of aromatic nitrogens is 5. The highest BCUT2D eigenvalue weighted by Gasteiger charge is 2.15. The van der Waals surface area contributed by atoms with Crippen molar-refractivity contribution in [2.24, 2.45) is 5.92 Å². The molecule has 2 rings (SSSR count). The summed E-state index contributed by atoms with van der Waals surface area (Å²) >= 11 is 0. The molecule has 2 heterocycles. The van der Waals surface area contributed by atoms with Crippen LogP contribution < -0.4 is 10.6 Å². The van der Waals surface area contributed by atoms with Crippen LogP contribution in [0, 0.1) is 5.92 Å². The summed E-state index contributed by atoms with van der Waals surface area (Å²) in [6.07, 6.45) is 3.43. The highest BCUT2D eigenvalue weighted by atomic mass is 16.3. The van der Waals surface area contributed by atoms with Crippen LogP contribution in [0.2, 0.25) is 0 Å². The van der Waals surface area contributed by atoms with Crippen LogP contribution in [0.15, 0.2) is 18.5 Å². The van der Waals surface area contributed by atoms with E-state index in [4.69, 9.17) is 0 Å². The fourth-order valence-corrected chi connectivity index (χ4v) is 1.75. The Morgan fingerprint density at radius 3 is 2.57 bits per heavy atom. The summed E-state index contributed by atoms with van der Waals surface area (Å²) in [5, 5.41) is 19.7. The third-order valence-electron chi connectivity index (χ3n) is 2.98. The van der Waals surface area contributed by atoms with Crippen LogP contribution in [-0.4, -0.2) is 49.0 Å². The zero-order valence-corrected chi connectivity index (χ0v) is 12.5. The third-order valence-corrected chi connectivity index (χ3v) is 2.98. The molecule has 0 aliphatic heterocycles. The van der Waals surface area contributed by atoms with Gasteiger partial charge in [-0.2, -0.15) is 20.1 Å². The first-order valence-corrected chi connectivity index (χ1v) is 7.01. The second-order valence-corrected chi connectivity index (χ2v) is 4.94. The molecule has 0 bridgehead atoms. The first-order valence-electron chi connectivity index (χ1n) is 7.01. The van der Waals surface area contributed by atoms with Crippen molar-refractivity contribution in [3.63, 3.8) is 0 Å². The van der Waals surface area contributed by atoms with Crippen LogP contribution in [0.5, 0.6) is 0 Å². The van der Waals surface area contributed by atoms with Crippen molar-refractivity contribution in [1.29, 1.82) is 0 Å². The molecule has 1 unspecified atom stereocenters. The van der Waals surface area contributed by atoms with Gasteiger partial charge in [0.15, 0.2) is 0 Å². The van der Waals surface area contributed by atoms with E-state index in [1.165, 1.54) is 0 Å². The van der Waals surface area contributed by atoms with Gasteiger partial charge < -0.3 is 15.7 Å². The smallest absolute Gasteiger partial charge is 0.257 e. The molecule has 8 heteroatoms. The molecule has 1 atom stereocenters. The zero-order chi connectivity index (χ0) is 15.2. The molecule has 21 heavy (non-hydrogen) atoms. The summed E-state index contributed by atoms with van der Waals surface area (Å²) in [6.45, 7) is 6.73. The van der Waals surface area contributed by atoms with Gasteiger partial charge in [-0.25, -0.2) is 4.68 Å². The number of nitrogens with zero attached hydrogens (tertiary/aromatic N) is 5. The van der Waals surface area contributed by atoms with E-state index in [2.05, 4.69) is 30.7 Å². The standard InChI is InChI=1S/C13H21N7O/c1-4-14-11-17-12(16-10(8-21)9(2)3)19-13(18-11)20-7-5-6-15-20/h5-7,9-10,21H,4,8H2,1-3H3,(H2,14,16,17,18,19). The number of hydrogen-bond acceptors (Lipinski definition) is 7. The largest absolute Gasteiger partial charge is 0.394 e. The van der Waals surface area contributed by atoms with E-state index in [1.54, 1.807) is 23.1 Å². The average molecular weight is 291 g/mol. The lowest BCUT2D eigenvalue weighted by Crippen LogP contribution is -2.30. The normalized spacial score (nSPS) is 12.4. The van der Waals surface area contributed by atoms with Crippen LogP contribution >= 0.6 is 0 Å². The van der Waals surface area contributed by atoms with Crippen molar-refractivity contribution < 1.29 is 5.11 Å². The van der Waals surface area contributed by atoms with Gasteiger partial charge in [-0.05, 0) is 18.9 Å². The second kappa shape index (κ2) is 6.98. The highest BCUT2D eigenvalue weighted by Crippen LogP contribution is 2.12. The zero-order valence-electron chi connectivity index (χ0n) is 12.5. The highest BCUT2D eigenvalue weighted by molar-refractivity contribution is 5.38. The first kappa shape index (κ1) is 15.2. The van der Waals surface area contributed by atoms with Gasteiger partial charge in [0.1, 0.15) is 0 Å². The van der Waals surface area contributed by atoms with Crippen molar-refractivity contribution in [3.8, 4) is 5.95 Å². The Balaban J connectivity index is 2.31. The fourth-order valence-electron chi connectivity index (χ4n) is 1.75. The minimum Gasteiger partial charge on any atom is -0.394 e. The molecule has 114 valence electrons. The van der Waals surface area contributed by atoms with Gasteiger partial charge in [-0.3, -0.25) is 0 Å². The third kappa shape index (κ3) is 3.88. The molecule has 0 radical (unpaired) electrons. The molecule has 0 aromatic carbocycles. The van der Waals surface area contributed by atoms with Crippen LogP contribution in [0.25, 0.3) is 5.95 Å². The molecule has 8 nitrogen and oxygen atoms in total. The summed E-state index contributed by atoms with van der Waals surface area (Å²) in [5.41, 5.74) is 0. The molecular weight excluding hydrogens is 270 g/mol. The van der Waals surface area contributed by atoms with E-state index in [1.807, 2.05) is 20.8 Å². The van der Waals surface area contributed by atoms with Crippen molar-refractivity contribution in [1.82, 2.24) is 24.7 Å². The molecule has 2 aromatic rings. The first-order chi connectivity index (χ1) is 10.1. The molecule has 3 N–H and O–H groups in total. The van der Waals surface area contributed by atoms with Crippen LogP contribution in [0.3, 0.4) is 0 Å². The average Bonchev–Trinajstić information content (AvgIpc) is 2.99. The maximum atomic E-state index is 9.42.